The first-order chi connectivity index (χ1) is 15.9. The van der Waals surface area contributed by atoms with E-state index in [1.54, 1.807) is 46.2 Å². The quantitative estimate of drug-likeness (QED) is 0.670. The molecule has 0 N–H and O–H groups in total. The highest BCUT2D eigenvalue weighted by Gasteiger charge is 2.35. The zero-order valence-corrected chi connectivity index (χ0v) is 18.9. The lowest BCUT2D eigenvalue weighted by Gasteiger charge is -2.36. The molecule has 2 fully saturated rings. The van der Waals surface area contributed by atoms with Crippen molar-refractivity contribution >= 4 is 27.5 Å². The lowest BCUT2D eigenvalue weighted by atomic mass is 10.2. The lowest BCUT2D eigenvalue weighted by molar-refractivity contribution is -0.142. The van der Waals surface area contributed by atoms with Crippen molar-refractivity contribution in [1.29, 1.82) is 0 Å². The molecule has 2 aromatic carbocycles. The maximum absolute atomic E-state index is 13.1. The number of piperazine rings is 1. The molecule has 3 aliphatic heterocycles. The van der Waals surface area contributed by atoms with E-state index in [4.69, 9.17) is 9.47 Å². The first kappa shape index (κ1) is 21.7. The van der Waals surface area contributed by atoms with Crippen LogP contribution in [0.4, 0.5) is 5.69 Å². The Hall–Kier alpha value is -3.11. The summed E-state index contributed by atoms with van der Waals surface area (Å²) >= 11 is 0. The van der Waals surface area contributed by atoms with Gasteiger partial charge in [-0.25, -0.2) is 8.42 Å². The molecule has 10 heteroatoms. The number of rotatable bonds is 4. The molecule has 0 unspecified atom stereocenters. The summed E-state index contributed by atoms with van der Waals surface area (Å²) in [5.74, 6) is 0.989. The molecule has 1 atom stereocenters. The zero-order valence-electron chi connectivity index (χ0n) is 18.1. The highest BCUT2D eigenvalue weighted by atomic mass is 32.2. The van der Waals surface area contributed by atoms with E-state index in [9.17, 15) is 18.0 Å². The number of benzene rings is 2. The minimum atomic E-state index is -3.69. The molecule has 0 aromatic heterocycles. The molecule has 5 rings (SSSR count). The van der Waals surface area contributed by atoms with Gasteiger partial charge in [0.2, 0.25) is 22.0 Å². The van der Waals surface area contributed by atoms with Crippen molar-refractivity contribution < 1.29 is 27.5 Å². The van der Waals surface area contributed by atoms with Gasteiger partial charge >= 0.3 is 0 Å². The second-order valence-corrected chi connectivity index (χ2v) is 10.2. The molecule has 33 heavy (non-hydrogen) atoms. The van der Waals surface area contributed by atoms with Crippen LogP contribution >= 0.6 is 0 Å². The average Bonchev–Trinajstić information content (AvgIpc) is 3.29. The maximum atomic E-state index is 13.1. The van der Waals surface area contributed by atoms with Gasteiger partial charge in [0.15, 0.2) is 11.5 Å². The molecular formula is C23H25N3O6S. The van der Waals surface area contributed by atoms with Crippen molar-refractivity contribution in [1.82, 2.24) is 9.21 Å². The number of para-hydroxylation sites is 2. The topological polar surface area (TPSA) is 96.5 Å². The van der Waals surface area contributed by atoms with E-state index in [1.165, 1.54) is 4.31 Å². The van der Waals surface area contributed by atoms with Crippen LogP contribution in [0.3, 0.4) is 0 Å². The fraction of sp³-hybridized carbons (Fsp3) is 0.391. The third kappa shape index (κ3) is 4.16. The third-order valence-corrected chi connectivity index (χ3v) is 8.11. The number of anilines is 1. The zero-order chi connectivity index (χ0) is 23.0. The van der Waals surface area contributed by atoms with Gasteiger partial charge in [0.25, 0.3) is 5.91 Å². The summed E-state index contributed by atoms with van der Waals surface area (Å²) in [6.07, 6.45) is 0.587. The maximum Gasteiger partial charge on any atom is 0.267 e. The van der Waals surface area contributed by atoms with E-state index in [0.29, 0.717) is 30.2 Å². The Bertz CT molecular complexity index is 1160. The van der Waals surface area contributed by atoms with E-state index >= 15 is 0 Å². The van der Waals surface area contributed by atoms with Crippen molar-refractivity contribution in [2.75, 3.05) is 44.2 Å². The number of fused-ring (bicyclic) bond motifs is 1. The largest absolute Gasteiger partial charge is 0.485 e. The molecule has 174 valence electrons. The molecule has 2 saturated heterocycles. The first-order valence-corrected chi connectivity index (χ1v) is 12.5. The van der Waals surface area contributed by atoms with Crippen molar-refractivity contribution in [3.8, 4) is 11.5 Å². The molecule has 0 radical (unpaired) electrons. The van der Waals surface area contributed by atoms with Crippen LogP contribution in [-0.4, -0.2) is 74.9 Å². The number of hydrogen-bond acceptors (Lipinski definition) is 6. The third-order valence-electron chi connectivity index (χ3n) is 6.19. The Morgan fingerprint density at radius 2 is 1.61 bits per heavy atom. The van der Waals surface area contributed by atoms with E-state index in [1.807, 2.05) is 12.1 Å². The van der Waals surface area contributed by atoms with Crippen LogP contribution in [0, 0.1) is 0 Å². The van der Waals surface area contributed by atoms with Gasteiger partial charge in [-0.2, -0.15) is 4.31 Å². The molecule has 0 spiro atoms. The Labute approximate surface area is 192 Å². The van der Waals surface area contributed by atoms with Crippen molar-refractivity contribution in [3.05, 3.63) is 48.5 Å². The van der Waals surface area contributed by atoms with Crippen molar-refractivity contribution in [2.24, 2.45) is 0 Å². The molecule has 9 nitrogen and oxygen atoms in total. The number of hydrogen-bond donors (Lipinski definition) is 0. The molecule has 3 aliphatic rings. The summed E-state index contributed by atoms with van der Waals surface area (Å²) in [5, 5.41) is 0. The van der Waals surface area contributed by atoms with Gasteiger partial charge in [-0.05, 0) is 42.8 Å². The van der Waals surface area contributed by atoms with Gasteiger partial charge in [-0.15, -0.1) is 0 Å². The van der Waals surface area contributed by atoms with Gasteiger partial charge in [0, 0.05) is 44.8 Å². The minimum Gasteiger partial charge on any atom is -0.485 e. The second-order valence-electron chi connectivity index (χ2n) is 8.24. The van der Waals surface area contributed by atoms with Crippen molar-refractivity contribution in [2.45, 2.75) is 23.8 Å². The molecule has 3 heterocycles. The normalized spacial score (nSPS) is 21.3. The smallest absolute Gasteiger partial charge is 0.267 e. The van der Waals surface area contributed by atoms with Crippen LogP contribution in [0.5, 0.6) is 11.5 Å². The number of carbonyl (C=O) groups excluding carboxylic acids is 2. The number of nitrogens with zero attached hydrogens (tertiary/aromatic N) is 3. The highest BCUT2D eigenvalue weighted by Crippen LogP contribution is 2.31. The summed E-state index contributed by atoms with van der Waals surface area (Å²) in [6, 6.07) is 13.6. The SMILES string of the molecule is O=C([C@@H]1COc2ccccc2O1)N1CCN(S(=O)(=O)c2ccc(N3CCCC3=O)cc2)CC1. The summed E-state index contributed by atoms with van der Waals surface area (Å²) in [5.41, 5.74) is 0.711. The van der Waals surface area contributed by atoms with E-state index in [2.05, 4.69) is 0 Å². The van der Waals surface area contributed by atoms with Crippen LogP contribution in [0.1, 0.15) is 12.8 Å². The summed E-state index contributed by atoms with van der Waals surface area (Å²) in [6.45, 7) is 1.73. The fourth-order valence-corrected chi connectivity index (χ4v) is 5.78. The van der Waals surface area contributed by atoms with Crippen LogP contribution in [-0.2, 0) is 19.6 Å². The Morgan fingerprint density at radius 1 is 0.909 bits per heavy atom. The van der Waals surface area contributed by atoms with Gasteiger partial charge in [-0.1, -0.05) is 12.1 Å². The fourth-order valence-electron chi connectivity index (χ4n) is 4.36. The van der Waals surface area contributed by atoms with Crippen molar-refractivity contribution in [3.63, 3.8) is 0 Å². The van der Waals surface area contributed by atoms with Gasteiger partial charge < -0.3 is 19.3 Å². The first-order valence-electron chi connectivity index (χ1n) is 11.0. The molecule has 0 saturated carbocycles. The van der Waals surface area contributed by atoms with Gasteiger partial charge in [-0.3, -0.25) is 9.59 Å². The van der Waals surface area contributed by atoms with E-state index in [0.717, 1.165) is 6.42 Å². The molecule has 0 bridgehead atoms. The van der Waals surface area contributed by atoms with Crippen LogP contribution in [0.25, 0.3) is 0 Å². The Balaban J connectivity index is 1.20. The number of amides is 2. The summed E-state index contributed by atoms with van der Waals surface area (Å²) in [4.78, 5) is 28.3. The number of sulfonamides is 1. The Morgan fingerprint density at radius 3 is 2.27 bits per heavy atom. The minimum absolute atomic E-state index is 0.0576. The molecule has 2 aromatic rings. The van der Waals surface area contributed by atoms with Crippen LogP contribution < -0.4 is 14.4 Å². The van der Waals surface area contributed by atoms with E-state index in [-0.39, 0.29) is 49.5 Å². The molecular weight excluding hydrogens is 446 g/mol. The standard InChI is InChI=1S/C23H25N3O6S/c27-22-6-3-11-26(22)17-7-9-18(10-8-17)33(29,30)25-14-12-24(13-15-25)23(28)21-16-31-19-4-1-2-5-20(19)32-21/h1-2,4-5,7-10,21H,3,6,11-16H2/t21-/m0/s1. The average molecular weight is 472 g/mol. The molecule has 0 aliphatic carbocycles. The van der Waals surface area contributed by atoms with Gasteiger partial charge in [0.1, 0.15) is 6.61 Å². The lowest BCUT2D eigenvalue weighted by Crippen LogP contribution is -2.55. The second kappa shape index (κ2) is 8.68. The summed E-state index contributed by atoms with van der Waals surface area (Å²) < 4.78 is 39.0. The van der Waals surface area contributed by atoms with Crippen LogP contribution in [0.2, 0.25) is 0 Å². The molecule has 2 amide bonds. The monoisotopic (exact) mass is 471 g/mol. The van der Waals surface area contributed by atoms with E-state index < -0.39 is 16.1 Å². The number of carbonyl (C=O) groups is 2. The van der Waals surface area contributed by atoms with Gasteiger partial charge in [0.05, 0.1) is 4.90 Å². The van der Waals surface area contributed by atoms with Crippen LogP contribution in [0.15, 0.2) is 53.4 Å². The predicted octanol–water partition coefficient (Wildman–Crippen LogP) is 1.49. The predicted molar refractivity (Wildman–Crippen MR) is 120 cm³/mol. The Kier molecular flexibility index (Phi) is 5.71. The highest BCUT2D eigenvalue weighted by molar-refractivity contribution is 7.89. The number of ether oxygens (including phenoxy) is 2. The summed E-state index contributed by atoms with van der Waals surface area (Å²) in [7, 11) is -3.69.